The van der Waals surface area contributed by atoms with E-state index in [2.05, 4.69) is 13.8 Å². The van der Waals surface area contributed by atoms with E-state index in [1.165, 1.54) is 6.08 Å². The predicted octanol–water partition coefficient (Wildman–Crippen LogP) is 2.37. The highest BCUT2D eigenvalue weighted by Crippen LogP contribution is 2.52. The first-order valence-corrected chi connectivity index (χ1v) is 5.00. The van der Waals surface area contributed by atoms with Crippen LogP contribution in [0.5, 0.6) is 0 Å². The van der Waals surface area contributed by atoms with E-state index in [-0.39, 0.29) is 5.97 Å². The maximum atomic E-state index is 11.0. The van der Waals surface area contributed by atoms with Crippen LogP contribution in [-0.2, 0) is 9.53 Å². The van der Waals surface area contributed by atoms with Gasteiger partial charge in [-0.3, -0.25) is 0 Å². The molecule has 0 amide bonds. The third kappa shape index (κ3) is 3.39. The molecule has 0 saturated heterocycles. The van der Waals surface area contributed by atoms with E-state index in [0.29, 0.717) is 23.8 Å². The first-order chi connectivity index (χ1) is 6.06. The van der Waals surface area contributed by atoms with Crippen LogP contribution in [-0.4, -0.2) is 18.5 Å². The minimum Gasteiger partial charge on any atom is -0.461 e. The highest BCUT2D eigenvalue weighted by atomic mass is 35.5. The van der Waals surface area contributed by atoms with Crippen molar-refractivity contribution in [3.05, 3.63) is 12.2 Å². The topological polar surface area (TPSA) is 26.3 Å². The molecule has 1 unspecified atom stereocenters. The summed E-state index contributed by atoms with van der Waals surface area (Å²) >= 11 is 5.36. The Morgan fingerprint density at radius 2 is 2.31 bits per heavy atom. The molecule has 1 rings (SSSR count). The molecule has 3 heteroatoms. The van der Waals surface area contributed by atoms with Gasteiger partial charge in [0.25, 0.3) is 0 Å². The van der Waals surface area contributed by atoms with Crippen molar-refractivity contribution in [1.29, 1.82) is 0 Å². The molecule has 0 spiro atoms. The lowest BCUT2D eigenvalue weighted by Crippen LogP contribution is -2.03. The fraction of sp³-hybridized carbons (Fsp3) is 0.700. The highest BCUT2D eigenvalue weighted by Gasteiger charge is 2.43. The van der Waals surface area contributed by atoms with Gasteiger partial charge >= 0.3 is 5.97 Å². The molecule has 0 aromatic rings. The Morgan fingerprint density at radius 3 is 2.77 bits per heavy atom. The summed E-state index contributed by atoms with van der Waals surface area (Å²) in [5.74, 6) is 0.605. The SMILES string of the molecule is CC1(C)CC1/C=C/C(=O)OCCCl. The van der Waals surface area contributed by atoms with Gasteiger partial charge in [0.15, 0.2) is 0 Å². The van der Waals surface area contributed by atoms with E-state index in [1.807, 2.05) is 6.08 Å². The molecule has 1 aliphatic carbocycles. The zero-order valence-corrected chi connectivity index (χ0v) is 8.80. The Bertz CT molecular complexity index is 221. The number of hydrogen-bond acceptors (Lipinski definition) is 2. The summed E-state index contributed by atoms with van der Waals surface area (Å²) in [6.45, 7) is 4.66. The third-order valence-electron chi connectivity index (χ3n) is 2.38. The molecule has 1 atom stereocenters. The Labute approximate surface area is 83.9 Å². The summed E-state index contributed by atoms with van der Waals surface area (Å²) in [5, 5.41) is 0. The second-order valence-electron chi connectivity index (χ2n) is 4.01. The molecule has 1 saturated carbocycles. The number of carbonyl (C=O) groups is 1. The van der Waals surface area contributed by atoms with Crippen LogP contribution in [0.25, 0.3) is 0 Å². The van der Waals surface area contributed by atoms with Crippen molar-refractivity contribution >= 4 is 17.6 Å². The molecule has 0 bridgehead atoms. The molecule has 2 nitrogen and oxygen atoms in total. The van der Waals surface area contributed by atoms with Gasteiger partial charge in [-0.1, -0.05) is 19.9 Å². The van der Waals surface area contributed by atoms with Gasteiger partial charge in [-0.15, -0.1) is 11.6 Å². The second kappa shape index (κ2) is 4.14. The van der Waals surface area contributed by atoms with Crippen molar-refractivity contribution in [2.24, 2.45) is 11.3 Å². The van der Waals surface area contributed by atoms with Crippen molar-refractivity contribution in [2.75, 3.05) is 12.5 Å². The van der Waals surface area contributed by atoms with Gasteiger partial charge in [-0.05, 0) is 17.8 Å². The predicted molar refractivity (Wildman–Crippen MR) is 52.7 cm³/mol. The molecule has 0 aromatic carbocycles. The molecule has 0 N–H and O–H groups in total. The third-order valence-corrected chi connectivity index (χ3v) is 2.53. The van der Waals surface area contributed by atoms with Crippen molar-refractivity contribution < 1.29 is 9.53 Å². The number of allylic oxidation sites excluding steroid dienone is 1. The highest BCUT2D eigenvalue weighted by molar-refractivity contribution is 6.18. The lowest BCUT2D eigenvalue weighted by atomic mass is 10.1. The van der Waals surface area contributed by atoms with E-state index in [0.717, 1.165) is 6.42 Å². The molecule has 74 valence electrons. The Hall–Kier alpha value is -0.500. The summed E-state index contributed by atoms with van der Waals surface area (Å²) in [6.07, 6.45) is 4.59. The number of ether oxygens (including phenoxy) is 1. The van der Waals surface area contributed by atoms with E-state index >= 15 is 0 Å². The van der Waals surface area contributed by atoms with E-state index in [9.17, 15) is 4.79 Å². The summed E-state index contributed by atoms with van der Waals surface area (Å²) in [5.41, 5.74) is 0.378. The van der Waals surface area contributed by atoms with Crippen LogP contribution in [0.1, 0.15) is 20.3 Å². The number of halogens is 1. The standard InChI is InChI=1S/C10H15ClO2/c1-10(2)7-8(10)3-4-9(12)13-6-5-11/h3-4,8H,5-7H2,1-2H3/b4-3+. The zero-order valence-electron chi connectivity index (χ0n) is 8.05. The normalized spacial score (nSPS) is 24.7. The van der Waals surface area contributed by atoms with Crippen LogP contribution in [0.3, 0.4) is 0 Å². The molecule has 1 fully saturated rings. The minimum absolute atomic E-state index is 0.289. The smallest absolute Gasteiger partial charge is 0.330 e. The number of rotatable bonds is 4. The van der Waals surface area contributed by atoms with Crippen molar-refractivity contribution in [1.82, 2.24) is 0 Å². The Balaban J connectivity index is 2.21. The van der Waals surface area contributed by atoms with E-state index in [1.54, 1.807) is 0 Å². The second-order valence-corrected chi connectivity index (χ2v) is 4.39. The van der Waals surface area contributed by atoms with Crippen LogP contribution in [0.2, 0.25) is 0 Å². The van der Waals surface area contributed by atoms with Crippen LogP contribution >= 0.6 is 11.6 Å². The summed E-state index contributed by atoms with van der Waals surface area (Å²) < 4.78 is 4.78. The lowest BCUT2D eigenvalue weighted by Gasteiger charge is -1.97. The largest absolute Gasteiger partial charge is 0.461 e. The quantitative estimate of drug-likeness (QED) is 0.398. The van der Waals surface area contributed by atoms with Crippen LogP contribution in [0.4, 0.5) is 0 Å². The Morgan fingerprint density at radius 1 is 1.69 bits per heavy atom. The van der Waals surface area contributed by atoms with E-state index in [4.69, 9.17) is 16.3 Å². The molecular formula is C10H15ClO2. The number of esters is 1. The van der Waals surface area contributed by atoms with Crippen LogP contribution in [0.15, 0.2) is 12.2 Å². The first kappa shape index (κ1) is 10.6. The van der Waals surface area contributed by atoms with Gasteiger partial charge < -0.3 is 4.74 Å². The number of carbonyl (C=O) groups excluding carboxylic acids is 1. The first-order valence-electron chi connectivity index (χ1n) is 4.47. The summed E-state index contributed by atoms with van der Waals surface area (Å²) in [6, 6.07) is 0. The molecular weight excluding hydrogens is 188 g/mol. The van der Waals surface area contributed by atoms with Gasteiger partial charge in [-0.2, -0.15) is 0 Å². The Kier molecular flexibility index (Phi) is 3.37. The fourth-order valence-electron chi connectivity index (χ4n) is 1.22. The number of hydrogen-bond donors (Lipinski definition) is 0. The minimum atomic E-state index is -0.289. The van der Waals surface area contributed by atoms with Gasteiger partial charge in [0, 0.05) is 6.08 Å². The van der Waals surface area contributed by atoms with Gasteiger partial charge in [0.05, 0.1) is 5.88 Å². The van der Waals surface area contributed by atoms with E-state index < -0.39 is 0 Å². The maximum Gasteiger partial charge on any atom is 0.330 e. The zero-order chi connectivity index (χ0) is 9.90. The van der Waals surface area contributed by atoms with Crippen molar-refractivity contribution in [2.45, 2.75) is 20.3 Å². The molecule has 0 radical (unpaired) electrons. The average Bonchev–Trinajstić information content (AvgIpc) is 2.67. The lowest BCUT2D eigenvalue weighted by molar-refractivity contribution is -0.137. The molecule has 1 aliphatic rings. The van der Waals surface area contributed by atoms with Crippen molar-refractivity contribution in [3.8, 4) is 0 Å². The summed E-state index contributed by atoms with van der Waals surface area (Å²) in [4.78, 5) is 11.0. The molecule has 0 heterocycles. The average molecular weight is 203 g/mol. The monoisotopic (exact) mass is 202 g/mol. The fourth-order valence-corrected chi connectivity index (χ4v) is 1.30. The van der Waals surface area contributed by atoms with Gasteiger partial charge in [0.1, 0.15) is 6.61 Å². The summed E-state index contributed by atoms with van der Waals surface area (Å²) in [7, 11) is 0. The molecule has 13 heavy (non-hydrogen) atoms. The van der Waals surface area contributed by atoms with Crippen LogP contribution in [0, 0.1) is 11.3 Å². The molecule has 0 aromatic heterocycles. The number of alkyl halides is 1. The van der Waals surface area contributed by atoms with Crippen molar-refractivity contribution in [3.63, 3.8) is 0 Å². The molecule has 0 aliphatic heterocycles. The van der Waals surface area contributed by atoms with Gasteiger partial charge in [-0.25, -0.2) is 4.79 Å². The van der Waals surface area contributed by atoms with Gasteiger partial charge in [0.2, 0.25) is 0 Å². The van der Waals surface area contributed by atoms with Crippen LogP contribution < -0.4 is 0 Å². The maximum absolute atomic E-state index is 11.0.